The molecule has 0 radical (unpaired) electrons. The Hall–Kier alpha value is -2.72. The topological polar surface area (TPSA) is 178 Å². The van der Waals surface area contributed by atoms with Gasteiger partial charge in [-0.2, -0.15) is 8.42 Å². The van der Waals surface area contributed by atoms with Crippen molar-refractivity contribution in [2.75, 3.05) is 26.4 Å². The third-order valence-electron chi connectivity index (χ3n) is 13.0. The van der Waals surface area contributed by atoms with E-state index in [-0.39, 0.29) is 19.6 Å². The Kier molecular flexibility index (Phi) is 47.8. The van der Waals surface area contributed by atoms with Crippen molar-refractivity contribution in [1.82, 2.24) is 0 Å². The van der Waals surface area contributed by atoms with Gasteiger partial charge in [0.2, 0.25) is 0 Å². The van der Waals surface area contributed by atoms with E-state index in [4.69, 9.17) is 18.9 Å². The fraction of sp³-hybridized carbons (Fsp3) is 0.754. The smallest absolute Gasteiger partial charge is 0.397 e. The van der Waals surface area contributed by atoms with E-state index < -0.39 is 59.8 Å². The van der Waals surface area contributed by atoms with Crippen LogP contribution in [0.5, 0.6) is 0 Å². The molecule has 1 rings (SSSR count). The van der Waals surface area contributed by atoms with E-state index in [2.05, 4.69) is 103 Å². The average molecular weight is 1060 g/mol. The Morgan fingerprint density at radius 2 is 0.932 bits per heavy atom. The summed E-state index contributed by atoms with van der Waals surface area (Å²) < 4.78 is 59.4. The van der Waals surface area contributed by atoms with Crippen LogP contribution in [0.3, 0.4) is 0 Å². The van der Waals surface area contributed by atoms with E-state index in [9.17, 15) is 33.1 Å². The molecule has 13 heteroatoms. The van der Waals surface area contributed by atoms with Gasteiger partial charge >= 0.3 is 16.4 Å². The van der Waals surface area contributed by atoms with Gasteiger partial charge in [-0.15, -0.1) is 0 Å². The van der Waals surface area contributed by atoms with Crippen LogP contribution in [0, 0.1) is 0 Å². The van der Waals surface area contributed by atoms with Crippen molar-refractivity contribution in [3.05, 3.63) is 85.1 Å². The fourth-order valence-electron chi connectivity index (χ4n) is 8.61. The molecule has 6 unspecified atom stereocenters. The first-order chi connectivity index (χ1) is 36.1. The van der Waals surface area contributed by atoms with Gasteiger partial charge in [-0.25, -0.2) is 4.18 Å². The van der Waals surface area contributed by atoms with Crippen LogP contribution >= 0.6 is 0 Å². The van der Waals surface area contributed by atoms with E-state index in [1.807, 2.05) is 0 Å². The van der Waals surface area contributed by atoms with E-state index in [0.717, 1.165) is 96.3 Å². The van der Waals surface area contributed by atoms with Gasteiger partial charge in [-0.1, -0.05) is 221 Å². The number of allylic oxidation sites excluding steroid dienone is 14. The lowest BCUT2D eigenvalue weighted by Crippen LogP contribution is -2.60. The molecule has 1 aliphatic heterocycles. The third-order valence-corrected chi connectivity index (χ3v) is 13.5. The van der Waals surface area contributed by atoms with Crippen LogP contribution in [-0.2, 0) is 38.3 Å². The van der Waals surface area contributed by atoms with Crippen molar-refractivity contribution in [2.24, 2.45) is 0 Å². The molecular formula is C61H106O12S. The molecule has 4 N–H and O–H groups in total. The minimum absolute atomic E-state index is 0.0252. The van der Waals surface area contributed by atoms with Crippen molar-refractivity contribution in [2.45, 2.75) is 269 Å². The molecule has 428 valence electrons. The first kappa shape index (κ1) is 69.3. The lowest BCUT2D eigenvalue weighted by molar-refractivity contribution is -0.301. The molecule has 0 bridgehead atoms. The highest BCUT2D eigenvalue weighted by molar-refractivity contribution is 7.80. The summed E-state index contributed by atoms with van der Waals surface area (Å²) in [6.45, 7) is 3.88. The first-order valence-electron chi connectivity index (χ1n) is 29.3. The standard InChI is InChI=1S/C61H106O12S/c1-3-5-7-9-11-13-15-17-19-21-23-25-27-28-29-30-32-34-36-38-40-42-44-46-48-50-57(63)71-55(54-70-61-59(65)60(73-74(66,67)68)58(64)56(52-62)72-61)53-69-51-49-47-45-43-41-39-37-35-33-31-26-24-22-20-18-16-14-12-10-8-6-4-2/h5,7,11,13,17,19,22-25,28-29,32,34,55-56,58-62,64-65H,3-4,6,8-10,12,14-16,18,20-21,26-27,30-31,33,35-54H2,1-2H3,(H,66,67,68)/b7-5-,13-11-,19-17-,24-22-,25-23-,29-28-,34-32-. The second-order valence-electron chi connectivity index (χ2n) is 19.8. The minimum Gasteiger partial charge on any atom is -0.457 e. The van der Waals surface area contributed by atoms with Gasteiger partial charge in [0.25, 0.3) is 0 Å². The number of aliphatic hydroxyl groups is 3. The number of ether oxygens (including phenoxy) is 4. The summed E-state index contributed by atoms with van der Waals surface area (Å²) in [6.07, 6.45) is 60.4. The van der Waals surface area contributed by atoms with E-state index in [0.29, 0.717) is 13.0 Å². The maximum Gasteiger partial charge on any atom is 0.397 e. The van der Waals surface area contributed by atoms with Gasteiger partial charge in [-0.05, 0) is 89.9 Å². The Morgan fingerprint density at radius 3 is 1.38 bits per heavy atom. The molecule has 0 aromatic heterocycles. The molecule has 74 heavy (non-hydrogen) atoms. The molecular weight excluding hydrogens is 957 g/mol. The Morgan fingerprint density at radius 1 is 0.527 bits per heavy atom. The number of carbonyl (C=O) groups is 1. The molecule has 1 heterocycles. The van der Waals surface area contributed by atoms with Crippen molar-refractivity contribution in [1.29, 1.82) is 0 Å². The Balaban J connectivity index is 2.32. The maximum absolute atomic E-state index is 13.0. The van der Waals surface area contributed by atoms with Crippen molar-refractivity contribution in [3.63, 3.8) is 0 Å². The second-order valence-corrected chi connectivity index (χ2v) is 20.9. The van der Waals surface area contributed by atoms with Crippen molar-refractivity contribution in [3.8, 4) is 0 Å². The highest BCUT2D eigenvalue weighted by atomic mass is 32.3. The molecule has 0 saturated carbocycles. The van der Waals surface area contributed by atoms with Gasteiger partial charge < -0.3 is 34.3 Å². The van der Waals surface area contributed by atoms with Crippen LogP contribution in [0.15, 0.2) is 85.1 Å². The SMILES string of the molecule is CC/C=C\C/C=C\C/C=C\C/C=C\C/C=C\C/C=C\CCCCCCCCC(=O)OC(COCCCCCCCCCCCC/C=C\CCCCCCCCCC)COC1OC(CO)C(O)C(OS(=O)(=O)O)C1O. The maximum atomic E-state index is 13.0. The minimum atomic E-state index is -5.08. The lowest BCUT2D eigenvalue weighted by Gasteiger charge is -2.41. The first-order valence-corrected chi connectivity index (χ1v) is 30.7. The molecule has 0 amide bonds. The predicted octanol–water partition coefficient (Wildman–Crippen LogP) is 14.8. The van der Waals surface area contributed by atoms with Crippen LogP contribution in [-0.4, -0.2) is 97.5 Å². The van der Waals surface area contributed by atoms with Gasteiger partial charge in [0.1, 0.15) is 30.5 Å². The summed E-state index contributed by atoms with van der Waals surface area (Å²) in [5.74, 6) is -0.414. The van der Waals surface area contributed by atoms with Crippen LogP contribution < -0.4 is 0 Å². The number of hydrogen-bond acceptors (Lipinski definition) is 11. The summed E-state index contributed by atoms with van der Waals surface area (Å²) in [4.78, 5) is 13.0. The number of rotatable bonds is 51. The number of esters is 1. The Labute approximate surface area is 451 Å². The zero-order valence-corrected chi connectivity index (χ0v) is 47.2. The largest absolute Gasteiger partial charge is 0.457 e. The van der Waals surface area contributed by atoms with Crippen LogP contribution in [0.25, 0.3) is 0 Å². The summed E-state index contributed by atoms with van der Waals surface area (Å²) in [5, 5.41) is 30.9. The van der Waals surface area contributed by atoms with E-state index >= 15 is 0 Å². The monoisotopic (exact) mass is 1060 g/mol. The normalized spacial score (nSPS) is 19.4. The number of hydrogen-bond donors (Lipinski definition) is 4. The van der Waals surface area contributed by atoms with Gasteiger partial charge in [-0.3, -0.25) is 9.35 Å². The number of carbonyl (C=O) groups excluding carboxylic acids is 1. The molecule has 12 nitrogen and oxygen atoms in total. The number of unbranched alkanes of at least 4 members (excludes halogenated alkanes) is 24. The van der Waals surface area contributed by atoms with Crippen LogP contribution in [0.2, 0.25) is 0 Å². The van der Waals surface area contributed by atoms with Gasteiger partial charge in [0.15, 0.2) is 6.29 Å². The van der Waals surface area contributed by atoms with Gasteiger partial charge in [0.05, 0.1) is 19.8 Å². The van der Waals surface area contributed by atoms with E-state index in [1.54, 1.807) is 0 Å². The molecule has 6 atom stereocenters. The second kappa shape index (κ2) is 51.1. The third kappa shape index (κ3) is 43.4. The predicted molar refractivity (Wildman–Crippen MR) is 303 cm³/mol. The highest BCUT2D eigenvalue weighted by Gasteiger charge is 2.48. The molecule has 0 aromatic carbocycles. The zero-order valence-electron chi connectivity index (χ0n) is 46.4. The molecule has 1 saturated heterocycles. The molecule has 1 aliphatic rings. The summed E-state index contributed by atoms with van der Waals surface area (Å²) in [6, 6.07) is 0. The molecule has 0 aliphatic carbocycles. The van der Waals surface area contributed by atoms with Crippen molar-refractivity contribution >= 4 is 16.4 Å². The average Bonchev–Trinajstić information content (AvgIpc) is 3.38. The molecule has 1 fully saturated rings. The Bertz CT molecular complexity index is 1600. The molecule has 0 spiro atoms. The van der Waals surface area contributed by atoms with E-state index in [1.165, 1.54) is 109 Å². The summed E-state index contributed by atoms with van der Waals surface area (Å²) >= 11 is 0. The van der Waals surface area contributed by atoms with Crippen LogP contribution in [0.1, 0.15) is 232 Å². The number of aliphatic hydroxyl groups excluding tert-OH is 3. The van der Waals surface area contributed by atoms with Gasteiger partial charge in [0, 0.05) is 13.0 Å². The fourth-order valence-corrected chi connectivity index (χ4v) is 9.12. The quantitative estimate of drug-likeness (QED) is 0.0196. The molecule has 0 aromatic rings. The lowest BCUT2D eigenvalue weighted by atomic mass is 9.99. The highest BCUT2D eigenvalue weighted by Crippen LogP contribution is 2.26. The van der Waals surface area contributed by atoms with Crippen LogP contribution in [0.4, 0.5) is 0 Å². The van der Waals surface area contributed by atoms with Crippen molar-refractivity contribution < 1.29 is 56.2 Å². The summed E-state index contributed by atoms with van der Waals surface area (Å²) in [7, 11) is -5.08. The zero-order chi connectivity index (χ0) is 53.8. The summed E-state index contributed by atoms with van der Waals surface area (Å²) in [5.41, 5.74) is 0.